The highest BCUT2D eigenvalue weighted by Crippen LogP contribution is 2.23. The molecule has 2 aromatic rings. The van der Waals surface area contributed by atoms with Crippen LogP contribution in [0.2, 0.25) is 5.02 Å². The Kier molecular flexibility index (Phi) is 7.90. The number of aryl methyl sites for hydroxylation is 1. The van der Waals surface area contributed by atoms with Crippen LogP contribution in [-0.4, -0.2) is 48.8 Å². The van der Waals surface area contributed by atoms with Crippen LogP contribution in [0.25, 0.3) is 0 Å². The summed E-state index contributed by atoms with van der Waals surface area (Å²) >= 11 is 9.41. The Morgan fingerprint density at radius 2 is 2.08 bits per heavy atom. The summed E-state index contributed by atoms with van der Waals surface area (Å²) in [6.45, 7) is 2.50. The van der Waals surface area contributed by atoms with E-state index in [-0.39, 0.29) is 19.1 Å². The number of carbonyl (C=O) groups is 1. The molecule has 1 unspecified atom stereocenters. The first-order valence-corrected chi connectivity index (χ1v) is 9.32. The van der Waals surface area contributed by atoms with Crippen LogP contribution in [-0.2, 0) is 4.79 Å². The van der Waals surface area contributed by atoms with Gasteiger partial charge in [0.15, 0.2) is 0 Å². The maximum Gasteiger partial charge on any atom is 0.238 e. The van der Waals surface area contributed by atoms with Crippen LogP contribution in [0.5, 0.6) is 5.75 Å². The molecule has 0 spiro atoms. The SMILES string of the molecule is Cc1cc(Br)ccc1NC(=O)CN(C)CC(O)COc1ccccc1Cl. The number of likely N-dealkylation sites (N-methyl/N-ethyl adjacent to an activating group) is 1. The van der Waals surface area contributed by atoms with Gasteiger partial charge in [-0.25, -0.2) is 0 Å². The van der Waals surface area contributed by atoms with Crippen molar-refractivity contribution in [3.8, 4) is 5.75 Å². The van der Waals surface area contributed by atoms with Gasteiger partial charge in [-0.3, -0.25) is 9.69 Å². The third-order valence-electron chi connectivity index (χ3n) is 3.67. The molecule has 0 saturated heterocycles. The minimum atomic E-state index is -0.738. The Hall–Kier alpha value is -1.60. The Balaban J connectivity index is 1.77. The molecule has 0 aliphatic carbocycles. The summed E-state index contributed by atoms with van der Waals surface area (Å²) < 4.78 is 6.48. The van der Waals surface area contributed by atoms with Crippen LogP contribution in [0.15, 0.2) is 46.9 Å². The maximum absolute atomic E-state index is 12.2. The molecule has 2 aromatic carbocycles. The van der Waals surface area contributed by atoms with Gasteiger partial charge in [-0.05, 0) is 49.9 Å². The average molecular weight is 442 g/mol. The first-order valence-electron chi connectivity index (χ1n) is 8.15. The zero-order valence-corrected chi connectivity index (χ0v) is 17.0. The lowest BCUT2D eigenvalue weighted by Crippen LogP contribution is -2.37. The molecule has 26 heavy (non-hydrogen) atoms. The molecule has 0 radical (unpaired) electrons. The van der Waals surface area contributed by atoms with E-state index in [2.05, 4.69) is 21.2 Å². The third kappa shape index (κ3) is 6.61. The number of ether oxygens (including phenoxy) is 1. The van der Waals surface area contributed by atoms with E-state index in [1.807, 2.05) is 37.3 Å². The van der Waals surface area contributed by atoms with Gasteiger partial charge < -0.3 is 15.2 Å². The van der Waals surface area contributed by atoms with Crippen LogP contribution in [0.1, 0.15) is 5.56 Å². The fourth-order valence-corrected chi connectivity index (χ4v) is 3.09. The van der Waals surface area contributed by atoms with Crippen LogP contribution in [0.3, 0.4) is 0 Å². The van der Waals surface area contributed by atoms with Crippen molar-refractivity contribution in [1.82, 2.24) is 4.90 Å². The molecular weight excluding hydrogens is 420 g/mol. The number of nitrogens with one attached hydrogen (secondary N) is 1. The average Bonchev–Trinajstić information content (AvgIpc) is 2.56. The van der Waals surface area contributed by atoms with Crippen molar-refractivity contribution in [3.63, 3.8) is 0 Å². The number of halogens is 2. The Labute approximate surface area is 167 Å². The van der Waals surface area contributed by atoms with E-state index in [4.69, 9.17) is 16.3 Å². The summed E-state index contributed by atoms with van der Waals surface area (Å²) in [7, 11) is 1.77. The van der Waals surface area contributed by atoms with E-state index in [1.54, 1.807) is 24.1 Å². The second-order valence-electron chi connectivity index (χ2n) is 6.10. The second kappa shape index (κ2) is 9.92. The largest absolute Gasteiger partial charge is 0.489 e. The fourth-order valence-electron chi connectivity index (χ4n) is 2.43. The predicted octanol–water partition coefficient (Wildman–Crippen LogP) is 3.72. The van der Waals surface area contributed by atoms with Gasteiger partial charge in [0.1, 0.15) is 18.5 Å². The standard InChI is InChI=1S/C19H22BrClN2O3/c1-13-9-14(20)7-8-17(13)22-19(25)11-23(2)10-15(24)12-26-18-6-4-3-5-16(18)21/h3-9,15,24H,10-12H2,1-2H3,(H,22,25). The molecule has 0 saturated carbocycles. The van der Waals surface area contributed by atoms with Gasteiger partial charge in [0.25, 0.3) is 0 Å². The summed E-state index contributed by atoms with van der Waals surface area (Å²) in [4.78, 5) is 13.9. The smallest absolute Gasteiger partial charge is 0.238 e. The summed E-state index contributed by atoms with van der Waals surface area (Å²) in [5.74, 6) is 0.386. The van der Waals surface area contributed by atoms with Crippen molar-refractivity contribution in [2.24, 2.45) is 0 Å². The lowest BCUT2D eigenvalue weighted by atomic mass is 10.2. The Morgan fingerprint density at radius 3 is 2.77 bits per heavy atom. The molecule has 0 bridgehead atoms. The topological polar surface area (TPSA) is 61.8 Å². The van der Waals surface area contributed by atoms with Crippen molar-refractivity contribution >= 4 is 39.1 Å². The lowest BCUT2D eigenvalue weighted by molar-refractivity contribution is -0.117. The summed E-state index contributed by atoms with van der Waals surface area (Å²) in [6, 6.07) is 12.8. The highest BCUT2D eigenvalue weighted by Gasteiger charge is 2.14. The lowest BCUT2D eigenvalue weighted by Gasteiger charge is -2.21. The van der Waals surface area contributed by atoms with Crippen molar-refractivity contribution in [2.45, 2.75) is 13.0 Å². The molecule has 2 N–H and O–H groups in total. The number of aliphatic hydroxyl groups is 1. The van der Waals surface area contributed by atoms with Gasteiger partial charge in [-0.15, -0.1) is 0 Å². The normalized spacial score (nSPS) is 12.1. The zero-order valence-electron chi connectivity index (χ0n) is 14.7. The number of para-hydroxylation sites is 1. The number of amides is 1. The van der Waals surface area contributed by atoms with E-state index in [9.17, 15) is 9.90 Å². The second-order valence-corrected chi connectivity index (χ2v) is 7.42. The van der Waals surface area contributed by atoms with Gasteiger partial charge in [0.05, 0.1) is 11.6 Å². The number of nitrogens with zero attached hydrogens (tertiary/aromatic N) is 1. The molecule has 140 valence electrons. The van der Waals surface area contributed by atoms with Gasteiger partial charge >= 0.3 is 0 Å². The number of hydrogen-bond donors (Lipinski definition) is 2. The molecule has 0 fully saturated rings. The molecule has 0 aromatic heterocycles. The zero-order chi connectivity index (χ0) is 19.1. The first kappa shape index (κ1) is 20.7. The molecular formula is C19H22BrClN2O3. The van der Waals surface area contributed by atoms with E-state index < -0.39 is 6.10 Å². The van der Waals surface area contributed by atoms with Crippen LogP contribution < -0.4 is 10.1 Å². The predicted molar refractivity (Wildman–Crippen MR) is 108 cm³/mol. The van der Waals surface area contributed by atoms with Gasteiger partial charge in [-0.2, -0.15) is 0 Å². The molecule has 5 nitrogen and oxygen atoms in total. The van der Waals surface area contributed by atoms with Gasteiger partial charge in [0, 0.05) is 16.7 Å². The summed E-state index contributed by atoms with van der Waals surface area (Å²) in [5.41, 5.74) is 1.75. The third-order valence-corrected chi connectivity index (χ3v) is 4.47. The molecule has 0 aliphatic heterocycles. The number of aliphatic hydroxyl groups excluding tert-OH is 1. The number of benzene rings is 2. The first-order chi connectivity index (χ1) is 12.3. The number of hydrogen-bond acceptors (Lipinski definition) is 4. The molecule has 2 rings (SSSR count). The van der Waals surface area contributed by atoms with E-state index in [0.717, 1.165) is 15.7 Å². The van der Waals surface area contributed by atoms with Crippen molar-refractivity contribution in [2.75, 3.05) is 32.1 Å². The quantitative estimate of drug-likeness (QED) is 0.655. The minimum absolute atomic E-state index is 0.0987. The Bertz CT molecular complexity index is 757. The number of rotatable bonds is 8. The van der Waals surface area contributed by atoms with Crippen LogP contribution >= 0.6 is 27.5 Å². The van der Waals surface area contributed by atoms with Crippen molar-refractivity contribution in [3.05, 3.63) is 57.5 Å². The molecule has 7 heteroatoms. The van der Waals surface area contributed by atoms with Crippen LogP contribution in [0.4, 0.5) is 5.69 Å². The molecule has 1 atom stereocenters. The highest BCUT2D eigenvalue weighted by molar-refractivity contribution is 9.10. The highest BCUT2D eigenvalue weighted by atomic mass is 79.9. The maximum atomic E-state index is 12.2. The Morgan fingerprint density at radius 1 is 1.35 bits per heavy atom. The number of carbonyl (C=O) groups excluding carboxylic acids is 1. The minimum Gasteiger partial charge on any atom is -0.489 e. The number of anilines is 1. The fraction of sp³-hybridized carbons (Fsp3) is 0.316. The van der Waals surface area contributed by atoms with Crippen molar-refractivity contribution < 1.29 is 14.6 Å². The summed E-state index contributed by atoms with van der Waals surface area (Å²) in [6.07, 6.45) is -0.738. The van der Waals surface area contributed by atoms with E-state index in [0.29, 0.717) is 17.3 Å². The van der Waals surface area contributed by atoms with Crippen LogP contribution in [0, 0.1) is 6.92 Å². The van der Waals surface area contributed by atoms with E-state index >= 15 is 0 Å². The molecule has 1 amide bonds. The van der Waals surface area contributed by atoms with E-state index in [1.165, 1.54) is 0 Å². The summed E-state index contributed by atoms with van der Waals surface area (Å²) in [5, 5.41) is 13.5. The van der Waals surface area contributed by atoms with Gasteiger partial charge in [-0.1, -0.05) is 39.7 Å². The van der Waals surface area contributed by atoms with Crippen molar-refractivity contribution in [1.29, 1.82) is 0 Å². The monoisotopic (exact) mass is 440 g/mol. The van der Waals surface area contributed by atoms with Gasteiger partial charge in [0.2, 0.25) is 5.91 Å². The molecule has 0 aliphatic rings. The molecule has 0 heterocycles.